The van der Waals surface area contributed by atoms with Gasteiger partial charge in [-0.15, -0.1) is 0 Å². The van der Waals surface area contributed by atoms with Crippen LogP contribution in [0.3, 0.4) is 0 Å². The summed E-state index contributed by atoms with van der Waals surface area (Å²) in [4.78, 5) is 24.4. The molecule has 0 aliphatic carbocycles. The summed E-state index contributed by atoms with van der Waals surface area (Å²) in [6, 6.07) is 14.6. The van der Waals surface area contributed by atoms with Gasteiger partial charge in [-0.2, -0.15) is 0 Å². The van der Waals surface area contributed by atoms with Crippen LogP contribution < -0.4 is 10.6 Å². The van der Waals surface area contributed by atoms with Gasteiger partial charge < -0.3 is 15.4 Å². The Kier molecular flexibility index (Phi) is 5.46. The molecule has 0 saturated carbocycles. The third-order valence-electron chi connectivity index (χ3n) is 4.23. The van der Waals surface area contributed by atoms with Crippen molar-refractivity contribution >= 4 is 23.2 Å². The number of hydrogen-bond donors (Lipinski definition) is 2. The average Bonchev–Trinajstić information content (AvgIpc) is 3.17. The van der Waals surface area contributed by atoms with Crippen molar-refractivity contribution in [3.8, 4) is 0 Å². The minimum Gasteiger partial charge on any atom is -0.368 e. The van der Waals surface area contributed by atoms with Gasteiger partial charge in [0.1, 0.15) is 6.10 Å². The van der Waals surface area contributed by atoms with Crippen molar-refractivity contribution in [1.29, 1.82) is 0 Å². The van der Waals surface area contributed by atoms with Crippen LogP contribution in [0.4, 0.5) is 11.4 Å². The number of benzene rings is 2. The van der Waals surface area contributed by atoms with Gasteiger partial charge >= 0.3 is 0 Å². The van der Waals surface area contributed by atoms with Crippen LogP contribution in [0.15, 0.2) is 48.5 Å². The fourth-order valence-electron chi connectivity index (χ4n) is 2.78. The molecule has 2 aromatic rings. The number of carbonyl (C=O) groups is 2. The summed E-state index contributed by atoms with van der Waals surface area (Å²) in [5.74, 6) is -0.309. The van der Waals surface area contributed by atoms with Gasteiger partial charge in [0, 0.05) is 23.5 Å². The molecule has 2 aromatic carbocycles. The zero-order valence-corrected chi connectivity index (χ0v) is 14.2. The number of nitrogens with one attached hydrogen (secondary N) is 2. The van der Waals surface area contributed by atoms with Gasteiger partial charge in [0.15, 0.2) is 0 Å². The predicted octanol–water partition coefficient (Wildman–Crippen LogP) is 3.62. The molecule has 2 N–H and O–H groups in total. The summed E-state index contributed by atoms with van der Waals surface area (Å²) >= 11 is 0. The quantitative estimate of drug-likeness (QED) is 0.875. The monoisotopic (exact) mass is 338 g/mol. The molecule has 25 heavy (non-hydrogen) atoms. The van der Waals surface area contributed by atoms with Crippen LogP contribution in [0.2, 0.25) is 0 Å². The van der Waals surface area contributed by atoms with Crippen LogP contribution in [0.5, 0.6) is 0 Å². The smallest absolute Gasteiger partial charge is 0.255 e. The Morgan fingerprint density at radius 3 is 2.56 bits per heavy atom. The van der Waals surface area contributed by atoms with Crippen LogP contribution in [0, 0.1) is 0 Å². The highest BCUT2D eigenvalue weighted by molar-refractivity contribution is 6.04. The molecule has 1 saturated heterocycles. The van der Waals surface area contributed by atoms with Gasteiger partial charge in [-0.1, -0.05) is 19.1 Å². The summed E-state index contributed by atoms with van der Waals surface area (Å²) in [7, 11) is 0. The number of hydrogen-bond acceptors (Lipinski definition) is 3. The second kappa shape index (κ2) is 7.94. The minimum atomic E-state index is -0.367. The number of aryl methyl sites for hydroxylation is 1. The first-order valence-corrected chi connectivity index (χ1v) is 8.58. The van der Waals surface area contributed by atoms with Crippen LogP contribution in [-0.4, -0.2) is 24.5 Å². The maximum atomic E-state index is 12.3. The van der Waals surface area contributed by atoms with Crippen molar-refractivity contribution in [2.24, 2.45) is 0 Å². The van der Waals surface area contributed by atoms with Crippen molar-refractivity contribution in [1.82, 2.24) is 0 Å². The second-order valence-electron chi connectivity index (χ2n) is 6.08. The van der Waals surface area contributed by atoms with Gasteiger partial charge in [0.2, 0.25) is 0 Å². The summed E-state index contributed by atoms with van der Waals surface area (Å²) in [6.07, 6.45) is 2.22. The molecule has 1 atom stereocenters. The van der Waals surface area contributed by atoms with Crippen LogP contribution in [0.1, 0.15) is 35.7 Å². The lowest BCUT2D eigenvalue weighted by atomic mass is 10.1. The molecular weight excluding hydrogens is 316 g/mol. The summed E-state index contributed by atoms with van der Waals surface area (Å²) < 4.78 is 5.36. The molecule has 130 valence electrons. The van der Waals surface area contributed by atoms with Crippen molar-refractivity contribution < 1.29 is 14.3 Å². The molecule has 1 unspecified atom stereocenters. The van der Waals surface area contributed by atoms with E-state index in [9.17, 15) is 9.59 Å². The molecule has 1 aliphatic heterocycles. The van der Waals surface area contributed by atoms with E-state index in [1.165, 1.54) is 5.56 Å². The van der Waals surface area contributed by atoms with Gasteiger partial charge in [-0.25, -0.2) is 0 Å². The molecular formula is C20H22N2O3. The van der Waals surface area contributed by atoms with E-state index in [1.807, 2.05) is 24.3 Å². The summed E-state index contributed by atoms with van der Waals surface area (Å²) in [6.45, 7) is 2.71. The lowest BCUT2D eigenvalue weighted by Crippen LogP contribution is -2.26. The molecule has 1 aliphatic rings. The van der Waals surface area contributed by atoms with Crippen LogP contribution >= 0.6 is 0 Å². The molecule has 1 heterocycles. The Bertz CT molecular complexity index is 750. The Hall–Kier alpha value is -2.66. The zero-order valence-electron chi connectivity index (χ0n) is 14.2. The minimum absolute atomic E-state index is 0.133. The fourth-order valence-corrected chi connectivity index (χ4v) is 2.78. The van der Waals surface area contributed by atoms with Gasteiger partial charge in [0.05, 0.1) is 0 Å². The summed E-state index contributed by atoms with van der Waals surface area (Å²) in [5.41, 5.74) is 3.15. The molecule has 5 nitrogen and oxygen atoms in total. The van der Waals surface area contributed by atoms with E-state index >= 15 is 0 Å². The predicted molar refractivity (Wildman–Crippen MR) is 97.8 cm³/mol. The maximum Gasteiger partial charge on any atom is 0.255 e. The fraction of sp³-hybridized carbons (Fsp3) is 0.300. The lowest BCUT2D eigenvalue weighted by Gasteiger charge is -2.11. The van der Waals surface area contributed by atoms with E-state index in [2.05, 4.69) is 17.6 Å². The van der Waals surface area contributed by atoms with E-state index in [0.29, 0.717) is 17.9 Å². The third kappa shape index (κ3) is 4.45. The lowest BCUT2D eigenvalue weighted by molar-refractivity contribution is -0.124. The van der Waals surface area contributed by atoms with Crippen molar-refractivity contribution in [3.05, 3.63) is 59.7 Å². The van der Waals surface area contributed by atoms with Crippen molar-refractivity contribution in [2.75, 3.05) is 17.2 Å². The SMILES string of the molecule is CCc1cccc(NC(=O)c2ccc(NC(=O)C3CCCO3)cc2)c1. The highest BCUT2D eigenvalue weighted by Gasteiger charge is 2.23. The number of anilines is 2. The molecule has 1 fully saturated rings. The Balaban J connectivity index is 1.61. The third-order valence-corrected chi connectivity index (χ3v) is 4.23. The standard InChI is InChI=1S/C20H22N2O3/c1-2-14-5-3-6-17(13-14)22-19(23)15-8-10-16(11-9-15)21-20(24)18-7-4-12-25-18/h3,5-6,8-11,13,18H,2,4,7,12H2,1H3,(H,21,24)(H,22,23). The molecule has 0 bridgehead atoms. The maximum absolute atomic E-state index is 12.3. The van der Waals surface area contributed by atoms with Gasteiger partial charge in [-0.3, -0.25) is 9.59 Å². The number of rotatable bonds is 5. The van der Waals surface area contributed by atoms with E-state index in [1.54, 1.807) is 24.3 Å². The first-order chi connectivity index (χ1) is 12.2. The van der Waals surface area contributed by atoms with Crippen LogP contribution in [-0.2, 0) is 16.0 Å². The Morgan fingerprint density at radius 1 is 1.08 bits per heavy atom. The van der Waals surface area contributed by atoms with Crippen molar-refractivity contribution in [2.45, 2.75) is 32.3 Å². The number of ether oxygens (including phenoxy) is 1. The largest absolute Gasteiger partial charge is 0.368 e. The highest BCUT2D eigenvalue weighted by atomic mass is 16.5. The van der Waals surface area contributed by atoms with Gasteiger partial charge in [-0.05, 0) is 61.2 Å². The Labute approximate surface area is 147 Å². The first kappa shape index (κ1) is 17.2. The first-order valence-electron chi connectivity index (χ1n) is 8.58. The van der Waals surface area contributed by atoms with Crippen molar-refractivity contribution in [3.63, 3.8) is 0 Å². The normalized spacial score (nSPS) is 16.4. The number of carbonyl (C=O) groups excluding carboxylic acids is 2. The number of amides is 2. The second-order valence-corrected chi connectivity index (χ2v) is 6.08. The van der Waals surface area contributed by atoms with Gasteiger partial charge in [0.25, 0.3) is 11.8 Å². The van der Waals surface area contributed by atoms with E-state index in [-0.39, 0.29) is 17.9 Å². The van der Waals surface area contributed by atoms with E-state index < -0.39 is 0 Å². The summed E-state index contributed by atoms with van der Waals surface area (Å²) in [5, 5.41) is 5.71. The molecule has 3 rings (SSSR count). The van der Waals surface area contributed by atoms with E-state index in [0.717, 1.165) is 24.9 Å². The molecule has 0 aromatic heterocycles. The topological polar surface area (TPSA) is 67.4 Å². The molecule has 5 heteroatoms. The average molecular weight is 338 g/mol. The molecule has 0 spiro atoms. The Morgan fingerprint density at radius 2 is 1.88 bits per heavy atom. The van der Waals surface area contributed by atoms with E-state index in [4.69, 9.17) is 4.74 Å². The molecule has 2 amide bonds. The van der Waals surface area contributed by atoms with Crippen LogP contribution in [0.25, 0.3) is 0 Å². The highest BCUT2D eigenvalue weighted by Crippen LogP contribution is 2.17. The molecule has 0 radical (unpaired) electrons. The zero-order chi connectivity index (χ0) is 17.6.